The Morgan fingerprint density at radius 2 is 1.80 bits per heavy atom. The highest BCUT2D eigenvalue weighted by molar-refractivity contribution is 5.98. The van der Waals surface area contributed by atoms with Gasteiger partial charge in [0.05, 0.1) is 12.1 Å². The van der Waals surface area contributed by atoms with Gasteiger partial charge in [0.2, 0.25) is 5.91 Å². The molecule has 0 fully saturated rings. The minimum absolute atomic E-state index is 0.193. The molecule has 132 valence electrons. The molecule has 2 aromatic carbocycles. The number of aliphatic hydroxyl groups is 1. The van der Waals surface area contributed by atoms with Crippen LogP contribution < -0.4 is 10.6 Å². The number of amides is 2. The summed E-state index contributed by atoms with van der Waals surface area (Å²) in [6.45, 7) is 5.03. The van der Waals surface area contributed by atoms with Crippen LogP contribution in [0.4, 0.5) is 5.69 Å². The highest BCUT2D eigenvalue weighted by atomic mass is 16.3. The highest BCUT2D eigenvalue weighted by Gasteiger charge is 2.19. The van der Waals surface area contributed by atoms with E-state index in [1.165, 1.54) is 6.92 Å². The van der Waals surface area contributed by atoms with E-state index in [9.17, 15) is 14.7 Å². The van der Waals surface area contributed by atoms with Crippen molar-refractivity contribution in [3.05, 3.63) is 65.2 Å². The molecule has 0 spiro atoms. The number of nitrogens with one attached hydrogen (secondary N) is 2. The summed E-state index contributed by atoms with van der Waals surface area (Å²) in [5.74, 6) is -0.467. The minimum atomic E-state index is -0.690. The Morgan fingerprint density at radius 3 is 2.44 bits per heavy atom. The largest absolute Gasteiger partial charge is 0.391 e. The molecule has 25 heavy (non-hydrogen) atoms. The summed E-state index contributed by atoms with van der Waals surface area (Å²) >= 11 is 0. The van der Waals surface area contributed by atoms with Crippen molar-refractivity contribution < 1.29 is 14.7 Å². The number of hydrogen-bond donors (Lipinski definition) is 3. The zero-order valence-electron chi connectivity index (χ0n) is 14.7. The van der Waals surface area contributed by atoms with Gasteiger partial charge >= 0.3 is 0 Å². The fraction of sp³-hybridized carbons (Fsp3) is 0.300. The van der Waals surface area contributed by atoms with Gasteiger partial charge in [0.25, 0.3) is 5.91 Å². The summed E-state index contributed by atoms with van der Waals surface area (Å²) in [6, 6.07) is 14.4. The van der Waals surface area contributed by atoms with Gasteiger partial charge in [0.15, 0.2) is 0 Å². The maximum absolute atomic E-state index is 12.5. The van der Waals surface area contributed by atoms with E-state index in [-0.39, 0.29) is 11.8 Å². The van der Waals surface area contributed by atoms with Crippen LogP contribution in [0.5, 0.6) is 0 Å². The lowest BCUT2D eigenvalue weighted by Gasteiger charge is -2.21. The lowest BCUT2D eigenvalue weighted by atomic mass is 10.0. The highest BCUT2D eigenvalue weighted by Crippen LogP contribution is 2.16. The second kappa shape index (κ2) is 8.44. The average Bonchev–Trinajstić information content (AvgIpc) is 2.56. The van der Waals surface area contributed by atoms with E-state index in [4.69, 9.17) is 0 Å². The van der Waals surface area contributed by atoms with Crippen LogP contribution in [0, 0.1) is 6.92 Å². The maximum Gasteiger partial charge on any atom is 0.251 e. The Morgan fingerprint density at radius 1 is 1.12 bits per heavy atom. The van der Waals surface area contributed by atoms with E-state index in [0.29, 0.717) is 17.7 Å². The van der Waals surface area contributed by atoms with Crippen molar-refractivity contribution in [2.75, 3.05) is 5.32 Å². The molecule has 2 amide bonds. The van der Waals surface area contributed by atoms with Gasteiger partial charge < -0.3 is 15.7 Å². The molecule has 0 aliphatic carbocycles. The second-order valence-corrected chi connectivity index (χ2v) is 6.23. The SMILES string of the molecule is CC(=O)Nc1ccc(C)c(C(=O)N[C@H](C)[C@@H](O)Cc2ccccc2)c1. The van der Waals surface area contributed by atoms with Gasteiger partial charge in [-0.1, -0.05) is 36.4 Å². The number of rotatable bonds is 6. The van der Waals surface area contributed by atoms with E-state index in [1.807, 2.05) is 37.3 Å². The van der Waals surface area contributed by atoms with Crippen LogP contribution in [0.25, 0.3) is 0 Å². The topological polar surface area (TPSA) is 78.4 Å². The normalized spacial score (nSPS) is 13.0. The Hall–Kier alpha value is -2.66. The number of aryl methyl sites for hydroxylation is 1. The fourth-order valence-electron chi connectivity index (χ4n) is 2.56. The van der Waals surface area contributed by atoms with Crippen molar-refractivity contribution in [3.63, 3.8) is 0 Å². The van der Waals surface area contributed by atoms with Crippen molar-refractivity contribution in [1.82, 2.24) is 5.32 Å². The third-order valence-electron chi connectivity index (χ3n) is 4.03. The predicted octanol–water partition coefficient (Wildman–Crippen LogP) is 2.68. The van der Waals surface area contributed by atoms with Crippen molar-refractivity contribution in [2.45, 2.75) is 39.3 Å². The number of anilines is 1. The molecule has 0 bridgehead atoms. The van der Waals surface area contributed by atoms with E-state index < -0.39 is 12.1 Å². The zero-order valence-corrected chi connectivity index (χ0v) is 14.7. The molecule has 5 nitrogen and oxygen atoms in total. The van der Waals surface area contributed by atoms with Crippen LogP contribution in [0.1, 0.15) is 35.3 Å². The standard InChI is InChI=1S/C20H24N2O3/c1-13-9-10-17(22-15(3)23)12-18(13)20(25)21-14(2)19(24)11-16-7-5-4-6-8-16/h4-10,12,14,19,24H,11H2,1-3H3,(H,21,25)(H,22,23)/t14-,19+/m1/s1. The molecule has 0 aliphatic rings. The summed E-state index contributed by atoms with van der Waals surface area (Å²) in [4.78, 5) is 23.7. The summed E-state index contributed by atoms with van der Waals surface area (Å²) in [5, 5.41) is 15.8. The third kappa shape index (κ3) is 5.43. The number of hydrogen-bond acceptors (Lipinski definition) is 3. The summed E-state index contributed by atoms with van der Waals surface area (Å²) in [5.41, 5.74) is 2.86. The van der Waals surface area contributed by atoms with Crippen molar-refractivity contribution in [3.8, 4) is 0 Å². The molecule has 2 rings (SSSR count). The van der Waals surface area contributed by atoms with Gasteiger partial charge in [-0.05, 0) is 37.1 Å². The summed E-state index contributed by atoms with van der Waals surface area (Å²) in [6.07, 6.45) is -0.224. The molecule has 0 aromatic heterocycles. The monoisotopic (exact) mass is 340 g/mol. The smallest absolute Gasteiger partial charge is 0.251 e. The number of aliphatic hydroxyl groups excluding tert-OH is 1. The van der Waals surface area contributed by atoms with Crippen molar-refractivity contribution in [2.24, 2.45) is 0 Å². The van der Waals surface area contributed by atoms with Gasteiger partial charge in [-0.25, -0.2) is 0 Å². The summed E-state index contributed by atoms with van der Waals surface area (Å²) < 4.78 is 0. The Kier molecular flexibility index (Phi) is 6.31. The van der Waals surface area contributed by atoms with E-state index in [2.05, 4.69) is 10.6 Å². The van der Waals surface area contributed by atoms with Crippen LogP contribution in [-0.2, 0) is 11.2 Å². The first-order valence-corrected chi connectivity index (χ1v) is 8.28. The molecule has 2 atom stereocenters. The molecule has 0 unspecified atom stereocenters. The van der Waals surface area contributed by atoms with Gasteiger partial charge in [-0.2, -0.15) is 0 Å². The van der Waals surface area contributed by atoms with Crippen LogP contribution in [-0.4, -0.2) is 29.1 Å². The fourth-order valence-corrected chi connectivity index (χ4v) is 2.56. The molecule has 0 aliphatic heterocycles. The minimum Gasteiger partial charge on any atom is -0.391 e. The van der Waals surface area contributed by atoms with Gasteiger partial charge in [0, 0.05) is 24.6 Å². The molecular weight excluding hydrogens is 316 g/mol. The maximum atomic E-state index is 12.5. The molecule has 0 radical (unpaired) electrons. The Balaban J connectivity index is 2.04. The predicted molar refractivity (Wildman–Crippen MR) is 98.6 cm³/mol. The van der Waals surface area contributed by atoms with Crippen LogP contribution in [0.3, 0.4) is 0 Å². The van der Waals surface area contributed by atoms with E-state index in [0.717, 1.165) is 11.1 Å². The van der Waals surface area contributed by atoms with Crippen LogP contribution in [0.15, 0.2) is 48.5 Å². The average molecular weight is 340 g/mol. The van der Waals surface area contributed by atoms with Gasteiger partial charge in [-0.15, -0.1) is 0 Å². The number of carbonyl (C=O) groups is 2. The lowest BCUT2D eigenvalue weighted by molar-refractivity contribution is -0.114. The Labute approximate surface area is 148 Å². The van der Waals surface area contributed by atoms with Crippen LogP contribution in [0.2, 0.25) is 0 Å². The number of carbonyl (C=O) groups excluding carboxylic acids is 2. The lowest BCUT2D eigenvalue weighted by Crippen LogP contribution is -2.42. The summed E-state index contributed by atoms with van der Waals surface area (Å²) in [7, 11) is 0. The molecular formula is C20H24N2O3. The molecule has 0 saturated carbocycles. The van der Waals surface area contributed by atoms with Gasteiger partial charge in [-0.3, -0.25) is 9.59 Å². The van der Waals surface area contributed by atoms with Crippen molar-refractivity contribution in [1.29, 1.82) is 0 Å². The second-order valence-electron chi connectivity index (χ2n) is 6.23. The first-order valence-electron chi connectivity index (χ1n) is 8.28. The first-order chi connectivity index (χ1) is 11.9. The first kappa shape index (κ1) is 18.7. The molecule has 2 aromatic rings. The Bertz CT molecular complexity index is 744. The molecule has 0 saturated heterocycles. The number of benzene rings is 2. The quantitative estimate of drug-likeness (QED) is 0.756. The molecule has 5 heteroatoms. The van der Waals surface area contributed by atoms with Crippen LogP contribution >= 0.6 is 0 Å². The van der Waals surface area contributed by atoms with Gasteiger partial charge in [0.1, 0.15) is 0 Å². The molecule has 3 N–H and O–H groups in total. The van der Waals surface area contributed by atoms with E-state index in [1.54, 1.807) is 25.1 Å². The zero-order chi connectivity index (χ0) is 18.4. The van der Waals surface area contributed by atoms with Crippen molar-refractivity contribution >= 4 is 17.5 Å². The molecule has 0 heterocycles. The van der Waals surface area contributed by atoms with E-state index >= 15 is 0 Å². The third-order valence-corrected chi connectivity index (χ3v) is 4.03.